The molecule has 190 valence electrons. The van der Waals surface area contributed by atoms with E-state index in [-0.39, 0.29) is 6.04 Å². The van der Waals surface area contributed by atoms with Crippen LogP contribution >= 0.6 is 11.6 Å². The number of nitrogens with zero attached hydrogens (tertiary/aromatic N) is 1. The Labute approximate surface area is 226 Å². The van der Waals surface area contributed by atoms with Crippen LogP contribution in [-0.4, -0.2) is 30.5 Å². The monoisotopic (exact) mass is 523 g/mol. The summed E-state index contributed by atoms with van der Waals surface area (Å²) < 4.78 is 12.8. The molecule has 0 saturated carbocycles. The van der Waals surface area contributed by atoms with Crippen LogP contribution in [0.25, 0.3) is 10.9 Å². The van der Waals surface area contributed by atoms with Crippen LogP contribution in [-0.2, 0) is 11.2 Å². The zero-order chi connectivity index (χ0) is 26.5. The standard InChI is InChI=1S/C32H26ClNO4/c1-37-32(36)24-12-15-26(16-13-24)38-19-18-27-28-20-25(33)14-17-29(28)34(30(27)21-35)31(22-8-4-2-5-9-22)23-10-6-3-7-11-23/h2-17,20-21,31H,18-19H2,1H3. The van der Waals surface area contributed by atoms with Crippen molar-refractivity contribution < 1.29 is 19.1 Å². The Morgan fingerprint density at radius 2 is 1.53 bits per heavy atom. The van der Waals surface area contributed by atoms with Crippen LogP contribution in [0.15, 0.2) is 103 Å². The van der Waals surface area contributed by atoms with E-state index in [1.807, 2.05) is 54.6 Å². The molecule has 4 aromatic carbocycles. The fraction of sp³-hybridized carbons (Fsp3) is 0.125. The van der Waals surface area contributed by atoms with E-state index < -0.39 is 5.97 Å². The number of ether oxygens (including phenoxy) is 2. The first-order valence-electron chi connectivity index (χ1n) is 12.3. The van der Waals surface area contributed by atoms with Gasteiger partial charge < -0.3 is 14.0 Å². The maximum atomic E-state index is 12.7. The van der Waals surface area contributed by atoms with Crippen LogP contribution in [0.3, 0.4) is 0 Å². The summed E-state index contributed by atoms with van der Waals surface area (Å²) in [4.78, 5) is 24.4. The zero-order valence-electron chi connectivity index (χ0n) is 20.8. The molecule has 0 aliphatic heterocycles. The minimum absolute atomic E-state index is 0.207. The maximum absolute atomic E-state index is 12.7. The summed E-state index contributed by atoms with van der Waals surface area (Å²) in [5.41, 5.74) is 4.98. The minimum atomic E-state index is -0.400. The maximum Gasteiger partial charge on any atom is 0.337 e. The molecule has 0 aliphatic carbocycles. The molecule has 1 aromatic heterocycles. The van der Waals surface area contributed by atoms with Gasteiger partial charge in [0.05, 0.1) is 31.0 Å². The number of benzene rings is 4. The number of esters is 1. The highest BCUT2D eigenvalue weighted by Gasteiger charge is 2.25. The average molecular weight is 524 g/mol. The fourth-order valence-electron chi connectivity index (χ4n) is 4.88. The molecular formula is C32H26ClNO4. The Balaban J connectivity index is 1.55. The summed E-state index contributed by atoms with van der Waals surface area (Å²) in [6.07, 6.45) is 1.42. The van der Waals surface area contributed by atoms with E-state index in [0.29, 0.717) is 35.1 Å². The lowest BCUT2D eigenvalue weighted by atomic mass is 9.98. The molecular weight excluding hydrogens is 498 g/mol. The smallest absolute Gasteiger partial charge is 0.337 e. The van der Waals surface area contributed by atoms with Gasteiger partial charge >= 0.3 is 5.97 Å². The summed E-state index contributed by atoms with van der Waals surface area (Å²) >= 11 is 6.42. The molecule has 0 amide bonds. The van der Waals surface area contributed by atoms with Crippen molar-refractivity contribution in [2.24, 2.45) is 0 Å². The summed E-state index contributed by atoms with van der Waals surface area (Å²) in [6.45, 7) is 0.339. The predicted octanol–water partition coefficient (Wildman–Crippen LogP) is 7.15. The van der Waals surface area contributed by atoms with Crippen LogP contribution in [0.5, 0.6) is 5.75 Å². The molecule has 0 radical (unpaired) electrons. The molecule has 0 fully saturated rings. The number of hydrogen-bond acceptors (Lipinski definition) is 4. The third kappa shape index (κ3) is 5.06. The van der Waals surface area contributed by atoms with Gasteiger partial charge in [-0.3, -0.25) is 4.79 Å². The third-order valence-electron chi connectivity index (χ3n) is 6.61. The highest BCUT2D eigenvalue weighted by Crippen LogP contribution is 2.36. The van der Waals surface area contributed by atoms with Gasteiger partial charge in [-0.25, -0.2) is 4.79 Å². The molecule has 38 heavy (non-hydrogen) atoms. The van der Waals surface area contributed by atoms with Gasteiger partial charge in [-0.05, 0) is 59.2 Å². The Kier molecular flexibility index (Phi) is 7.57. The zero-order valence-corrected chi connectivity index (χ0v) is 21.6. The van der Waals surface area contributed by atoms with Crippen molar-refractivity contribution in [1.82, 2.24) is 4.57 Å². The van der Waals surface area contributed by atoms with E-state index >= 15 is 0 Å². The van der Waals surface area contributed by atoms with Crippen molar-refractivity contribution in [2.45, 2.75) is 12.5 Å². The lowest BCUT2D eigenvalue weighted by Crippen LogP contribution is -2.15. The van der Waals surface area contributed by atoms with Crippen LogP contribution in [0, 0.1) is 0 Å². The first-order chi connectivity index (χ1) is 18.6. The number of aromatic nitrogens is 1. The first-order valence-corrected chi connectivity index (χ1v) is 12.7. The van der Waals surface area contributed by atoms with Crippen molar-refractivity contribution in [3.05, 3.63) is 136 Å². The molecule has 5 aromatic rings. The number of carbonyl (C=O) groups is 2. The summed E-state index contributed by atoms with van der Waals surface area (Å²) in [6, 6.07) is 32.6. The van der Waals surface area contributed by atoms with E-state index in [0.717, 1.165) is 33.9 Å². The first kappa shape index (κ1) is 25.3. The van der Waals surface area contributed by atoms with Gasteiger partial charge in [-0.15, -0.1) is 0 Å². The van der Waals surface area contributed by atoms with Crippen LogP contribution in [0.2, 0.25) is 5.02 Å². The molecule has 0 unspecified atom stereocenters. The van der Waals surface area contributed by atoms with Crippen molar-refractivity contribution in [3.8, 4) is 5.75 Å². The van der Waals surface area contributed by atoms with Gasteiger partial charge in [-0.1, -0.05) is 72.3 Å². The van der Waals surface area contributed by atoms with E-state index in [4.69, 9.17) is 21.1 Å². The van der Waals surface area contributed by atoms with Crippen molar-refractivity contribution in [3.63, 3.8) is 0 Å². The van der Waals surface area contributed by atoms with Gasteiger partial charge in [0.2, 0.25) is 0 Å². The summed E-state index contributed by atoms with van der Waals surface area (Å²) in [7, 11) is 1.35. The van der Waals surface area contributed by atoms with Gasteiger partial charge in [0.15, 0.2) is 6.29 Å². The Morgan fingerprint density at radius 3 is 2.11 bits per heavy atom. The number of rotatable bonds is 9. The molecule has 1 heterocycles. The number of fused-ring (bicyclic) bond motifs is 1. The van der Waals surface area contributed by atoms with Crippen LogP contribution < -0.4 is 4.74 Å². The Hall–Kier alpha value is -4.35. The molecule has 0 spiro atoms. The Morgan fingerprint density at radius 1 is 0.895 bits per heavy atom. The molecule has 6 heteroatoms. The van der Waals surface area contributed by atoms with Gasteiger partial charge in [0.25, 0.3) is 0 Å². The van der Waals surface area contributed by atoms with E-state index in [1.165, 1.54) is 7.11 Å². The normalized spacial score (nSPS) is 11.0. The number of hydrogen-bond donors (Lipinski definition) is 0. The lowest BCUT2D eigenvalue weighted by Gasteiger charge is -2.23. The van der Waals surface area contributed by atoms with E-state index in [9.17, 15) is 9.59 Å². The van der Waals surface area contributed by atoms with Gasteiger partial charge in [-0.2, -0.15) is 0 Å². The third-order valence-corrected chi connectivity index (χ3v) is 6.84. The minimum Gasteiger partial charge on any atom is -0.493 e. The summed E-state index contributed by atoms with van der Waals surface area (Å²) in [5, 5.41) is 1.52. The van der Waals surface area contributed by atoms with Crippen LogP contribution in [0.4, 0.5) is 0 Å². The largest absolute Gasteiger partial charge is 0.493 e. The van der Waals surface area contributed by atoms with E-state index in [2.05, 4.69) is 28.8 Å². The van der Waals surface area contributed by atoms with E-state index in [1.54, 1.807) is 24.3 Å². The molecule has 0 aliphatic rings. The van der Waals surface area contributed by atoms with Crippen LogP contribution in [0.1, 0.15) is 43.6 Å². The van der Waals surface area contributed by atoms with Crippen molar-refractivity contribution in [2.75, 3.05) is 13.7 Å². The predicted molar refractivity (Wildman–Crippen MR) is 149 cm³/mol. The molecule has 5 rings (SSSR count). The highest BCUT2D eigenvalue weighted by molar-refractivity contribution is 6.31. The van der Waals surface area contributed by atoms with Crippen molar-refractivity contribution in [1.29, 1.82) is 0 Å². The number of halogens is 1. The van der Waals surface area contributed by atoms with Crippen molar-refractivity contribution >= 4 is 34.8 Å². The average Bonchev–Trinajstić information content (AvgIpc) is 3.26. The lowest BCUT2D eigenvalue weighted by molar-refractivity contribution is 0.0600. The molecule has 0 saturated heterocycles. The van der Waals surface area contributed by atoms with Gasteiger partial charge in [0, 0.05) is 22.3 Å². The van der Waals surface area contributed by atoms with Gasteiger partial charge in [0.1, 0.15) is 5.75 Å². The highest BCUT2D eigenvalue weighted by atomic mass is 35.5. The molecule has 0 bridgehead atoms. The fourth-order valence-corrected chi connectivity index (χ4v) is 5.05. The quantitative estimate of drug-likeness (QED) is 0.152. The summed E-state index contributed by atoms with van der Waals surface area (Å²) in [5.74, 6) is 0.224. The SMILES string of the molecule is COC(=O)c1ccc(OCCc2c(C=O)n(C(c3ccccc3)c3ccccc3)c3ccc(Cl)cc23)cc1. The second kappa shape index (κ2) is 11.4. The second-order valence-corrected chi connectivity index (χ2v) is 9.29. The Bertz CT molecular complexity index is 1520. The topological polar surface area (TPSA) is 57.5 Å². The number of aldehydes is 1. The second-order valence-electron chi connectivity index (χ2n) is 8.85. The number of carbonyl (C=O) groups excluding carboxylic acids is 2. The number of methoxy groups -OCH3 is 1. The molecule has 5 nitrogen and oxygen atoms in total. The molecule has 0 N–H and O–H groups in total. The molecule has 0 atom stereocenters.